The van der Waals surface area contributed by atoms with Gasteiger partial charge >= 0.3 is 0 Å². The van der Waals surface area contributed by atoms with Crippen molar-refractivity contribution in [3.63, 3.8) is 0 Å². The summed E-state index contributed by atoms with van der Waals surface area (Å²) in [4.78, 5) is 27.7. The predicted molar refractivity (Wildman–Crippen MR) is 143 cm³/mol. The number of aryl methyl sites for hydroxylation is 1. The SMILES string of the molecule is Cc1ccc(C(=O)N2CCCN(c3nc(C4CCOCC4)nc4c3cnn4-c3ccccc3)CC2)cc1. The van der Waals surface area contributed by atoms with Crippen LogP contribution >= 0.6 is 0 Å². The fourth-order valence-corrected chi connectivity index (χ4v) is 5.26. The number of benzene rings is 2. The zero-order valence-electron chi connectivity index (χ0n) is 21.2. The van der Waals surface area contributed by atoms with Gasteiger partial charge in [0.25, 0.3) is 5.91 Å². The third-order valence-corrected chi connectivity index (χ3v) is 7.39. The molecule has 190 valence electrons. The molecule has 37 heavy (non-hydrogen) atoms. The van der Waals surface area contributed by atoms with Crippen molar-refractivity contribution in [3.8, 4) is 5.69 Å². The smallest absolute Gasteiger partial charge is 0.253 e. The number of amides is 1. The van der Waals surface area contributed by atoms with Gasteiger partial charge in [-0.1, -0.05) is 35.9 Å². The highest BCUT2D eigenvalue weighted by Crippen LogP contribution is 2.31. The van der Waals surface area contributed by atoms with Gasteiger partial charge in [0.05, 0.1) is 17.3 Å². The summed E-state index contributed by atoms with van der Waals surface area (Å²) >= 11 is 0. The molecular formula is C29H32N6O2. The van der Waals surface area contributed by atoms with Crippen LogP contribution in [0.15, 0.2) is 60.8 Å². The minimum atomic E-state index is 0.0921. The molecule has 0 spiro atoms. The molecule has 2 aromatic heterocycles. The first-order chi connectivity index (χ1) is 18.2. The Morgan fingerprint density at radius 2 is 1.70 bits per heavy atom. The van der Waals surface area contributed by atoms with E-state index in [9.17, 15) is 4.79 Å². The number of anilines is 1. The zero-order valence-corrected chi connectivity index (χ0v) is 21.2. The normalized spacial score (nSPS) is 17.2. The largest absolute Gasteiger partial charge is 0.381 e. The lowest BCUT2D eigenvalue weighted by Crippen LogP contribution is -2.35. The van der Waals surface area contributed by atoms with E-state index in [1.807, 2.05) is 77.3 Å². The monoisotopic (exact) mass is 496 g/mol. The van der Waals surface area contributed by atoms with Crippen LogP contribution in [0.25, 0.3) is 16.7 Å². The molecule has 0 radical (unpaired) electrons. The molecule has 4 aromatic rings. The van der Waals surface area contributed by atoms with E-state index in [2.05, 4.69) is 4.90 Å². The summed E-state index contributed by atoms with van der Waals surface area (Å²) in [5.41, 5.74) is 3.71. The first-order valence-electron chi connectivity index (χ1n) is 13.2. The molecule has 0 saturated carbocycles. The summed E-state index contributed by atoms with van der Waals surface area (Å²) in [5, 5.41) is 5.66. The minimum absolute atomic E-state index is 0.0921. The van der Waals surface area contributed by atoms with E-state index < -0.39 is 0 Å². The van der Waals surface area contributed by atoms with Gasteiger partial charge in [-0.3, -0.25) is 4.79 Å². The van der Waals surface area contributed by atoms with Crippen molar-refractivity contribution in [2.45, 2.75) is 32.1 Å². The molecule has 2 fully saturated rings. The maximum absolute atomic E-state index is 13.2. The summed E-state index contributed by atoms with van der Waals surface area (Å²) in [6.07, 6.45) is 4.60. The van der Waals surface area contributed by atoms with Crippen LogP contribution in [0.5, 0.6) is 0 Å². The number of ether oxygens (including phenoxy) is 1. The summed E-state index contributed by atoms with van der Waals surface area (Å²) in [7, 11) is 0. The van der Waals surface area contributed by atoms with Crippen LogP contribution in [-0.4, -0.2) is 69.9 Å². The van der Waals surface area contributed by atoms with E-state index in [-0.39, 0.29) is 11.8 Å². The van der Waals surface area contributed by atoms with Crippen LogP contribution in [0.2, 0.25) is 0 Å². The molecule has 8 nitrogen and oxygen atoms in total. The second kappa shape index (κ2) is 10.3. The fourth-order valence-electron chi connectivity index (χ4n) is 5.26. The number of fused-ring (bicyclic) bond motifs is 1. The Kier molecular flexibility index (Phi) is 6.57. The second-order valence-electron chi connectivity index (χ2n) is 9.92. The van der Waals surface area contributed by atoms with Crippen LogP contribution in [-0.2, 0) is 4.74 Å². The first kappa shape index (κ1) is 23.6. The highest BCUT2D eigenvalue weighted by molar-refractivity contribution is 5.94. The maximum atomic E-state index is 13.2. The lowest BCUT2D eigenvalue weighted by molar-refractivity contribution is 0.0767. The number of para-hydroxylation sites is 1. The topological polar surface area (TPSA) is 76.4 Å². The van der Waals surface area contributed by atoms with E-state index in [1.165, 1.54) is 0 Å². The Morgan fingerprint density at radius 3 is 2.49 bits per heavy atom. The molecular weight excluding hydrogens is 464 g/mol. The van der Waals surface area contributed by atoms with E-state index >= 15 is 0 Å². The Labute approximate surface area is 216 Å². The van der Waals surface area contributed by atoms with Crippen LogP contribution < -0.4 is 4.90 Å². The Morgan fingerprint density at radius 1 is 0.919 bits per heavy atom. The highest BCUT2D eigenvalue weighted by atomic mass is 16.5. The molecule has 0 aliphatic carbocycles. The number of hydrogen-bond acceptors (Lipinski definition) is 6. The average molecular weight is 497 g/mol. The molecule has 0 bridgehead atoms. The number of aromatic nitrogens is 4. The molecule has 2 aromatic carbocycles. The van der Waals surface area contributed by atoms with Gasteiger partial charge in [0.15, 0.2) is 5.65 Å². The quantitative estimate of drug-likeness (QED) is 0.418. The van der Waals surface area contributed by atoms with Gasteiger partial charge in [0.1, 0.15) is 11.6 Å². The number of nitrogens with zero attached hydrogens (tertiary/aromatic N) is 6. The zero-order chi connectivity index (χ0) is 25.2. The molecule has 6 rings (SSSR count). The average Bonchev–Trinajstić information content (AvgIpc) is 3.23. The molecule has 4 heterocycles. The van der Waals surface area contributed by atoms with E-state index in [1.54, 1.807) is 0 Å². The number of rotatable bonds is 4. The number of hydrogen-bond donors (Lipinski definition) is 0. The van der Waals surface area contributed by atoms with E-state index in [4.69, 9.17) is 19.8 Å². The predicted octanol–water partition coefficient (Wildman–Crippen LogP) is 4.37. The number of carbonyl (C=O) groups excluding carboxylic acids is 1. The lowest BCUT2D eigenvalue weighted by Gasteiger charge is -2.26. The fraction of sp³-hybridized carbons (Fsp3) is 0.379. The molecule has 2 saturated heterocycles. The maximum Gasteiger partial charge on any atom is 0.253 e. The van der Waals surface area contributed by atoms with Crippen LogP contribution in [0, 0.1) is 6.92 Å². The third kappa shape index (κ3) is 4.81. The molecule has 2 aliphatic rings. The molecule has 0 atom stereocenters. The van der Waals surface area contributed by atoms with Gasteiger partial charge in [0, 0.05) is 50.9 Å². The van der Waals surface area contributed by atoms with Crippen molar-refractivity contribution in [1.29, 1.82) is 0 Å². The minimum Gasteiger partial charge on any atom is -0.381 e. The summed E-state index contributed by atoms with van der Waals surface area (Å²) in [6.45, 7) is 6.43. The number of carbonyl (C=O) groups is 1. The van der Waals surface area contributed by atoms with Crippen LogP contribution in [0.3, 0.4) is 0 Å². The molecule has 8 heteroatoms. The molecule has 0 N–H and O–H groups in total. The van der Waals surface area contributed by atoms with Gasteiger partial charge in [-0.2, -0.15) is 5.10 Å². The third-order valence-electron chi connectivity index (χ3n) is 7.39. The van der Waals surface area contributed by atoms with Crippen molar-refractivity contribution in [2.24, 2.45) is 0 Å². The Bertz CT molecular complexity index is 1380. The van der Waals surface area contributed by atoms with Gasteiger partial charge in [-0.15, -0.1) is 0 Å². The first-order valence-corrected chi connectivity index (χ1v) is 13.2. The summed E-state index contributed by atoms with van der Waals surface area (Å²) in [5.74, 6) is 2.13. The van der Waals surface area contributed by atoms with Crippen molar-refractivity contribution in [3.05, 3.63) is 77.7 Å². The van der Waals surface area contributed by atoms with Gasteiger partial charge in [-0.25, -0.2) is 14.6 Å². The second-order valence-corrected chi connectivity index (χ2v) is 9.92. The lowest BCUT2D eigenvalue weighted by atomic mass is 9.99. The van der Waals surface area contributed by atoms with E-state index in [0.717, 1.165) is 85.1 Å². The molecule has 0 unspecified atom stereocenters. The standard InChI is InChI=1S/C29H32N6O2/c1-21-8-10-23(11-9-21)29(36)34-15-5-14-33(16-17-34)27-25-20-30-35(24-6-3-2-4-7-24)28(25)32-26(31-27)22-12-18-37-19-13-22/h2-4,6-11,20,22H,5,12-19H2,1H3. The van der Waals surface area contributed by atoms with E-state index in [0.29, 0.717) is 13.1 Å². The molecule has 2 aliphatic heterocycles. The summed E-state index contributed by atoms with van der Waals surface area (Å²) in [6, 6.07) is 18.0. The van der Waals surface area contributed by atoms with Crippen LogP contribution in [0.4, 0.5) is 5.82 Å². The van der Waals surface area contributed by atoms with Crippen LogP contribution in [0.1, 0.15) is 46.9 Å². The molecule has 1 amide bonds. The summed E-state index contributed by atoms with van der Waals surface area (Å²) < 4.78 is 7.52. The van der Waals surface area contributed by atoms with Gasteiger partial charge < -0.3 is 14.5 Å². The van der Waals surface area contributed by atoms with Crippen molar-refractivity contribution in [2.75, 3.05) is 44.3 Å². The van der Waals surface area contributed by atoms with Crippen molar-refractivity contribution >= 4 is 22.8 Å². The van der Waals surface area contributed by atoms with Gasteiger partial charge in [-0.05, 0) is 50.5 Å². The highest BCUT2D eigenvalue weighted by Gasteiger charge is 2.26. The Balaban J connectivity index is 1.33. The van der Waals surface area contributed by atoms with Crippen molar-refractivity contribution < 1.29 is 9.53 Å². The van der Waals surface area contributed by atoms with Gasteiger partial charge in [0.2, 0.25) is 0 Å². The Hall–Kier alpha value is -3.78. The van der Waals surface area contributed by atoms with Crippen molar-refractivity contribution in [1.82, 2.24) is 24.6 Å².